The van der Waals surface area contributed by atoms with Crippen LogP contribution >= 0.6 is 0 Å². The van der Waals surface area contributed by atoms with E-state index in [-0.39, 0.29) is 10.8 Å². The summed E-state index contributed by atoms with van der Waals surface area (Å²) in [5.74, 6) is 1.20. The van der Waals surface area contributed by atoms with Crippen molar-refractivity contribution in [2.24, 2.45) is 0 Å². The van der Waals surface area contributed by atoms with E-state index in [9.17, 15) is 8.42 Å². The van der Waals surface area contributed by atoms with Gasteiger partial charge in [0.05, 0.1) is 16.1 Å². The van der Waals surface area contributed by atoms with E-state index < -0.39 is 10.0 Å². The molecule has 0 fully saturated rings. The molecule has 0 bridgehead atoms. The predicted molar refractivity (Wildman–Crippen MR) is 105 cm³/mol. The van der Waals surface area contributed by atoms with E-state index in [4.69, 9.17) is 13.9 Å². The lowest BCUT2D eigenvalue weighted by Gasteiger charge is -2.19. The molecule has 2 aromatic carbocycles. The van der Waals surface area contributed by atoms with Gasteiger partial charge in [-0.25, -0.2) is 13.4 Å². The van der Waals surface area contributed by atoms with E-state index in [2.05, 4.69) is 14.7 Å². The number of benzene rings is 2. The molecule has 4 aromatic rings. The Labute approximate surface area is 166 Å². The van der Waals surface area contributed by atoms with Crippen molar-refractivity contribution < 1.29 is 22.3 Å². The van der Waals surface area contributed by atoms with Gasteiger partial charge in [0, 0.05) is 12.3 Å². The second-order valence-electron chi connectivity index (χ2n) is 6.30. The molecule has 29 heavy (non-hydrogen) atoms. The van der Waals surface area contributed by atoms with Crippen molar-refractivity contribution >= 4 is 26.9 Å². The number of anilines is 1. The van der Waals surface area contributed by atoms with Crippen molar-refractivity contribution in [2.75, 3.05) is 17.9 Å². The molecule has 0 saturated carbocycles. The molecule has 0 saturated heterocycles. The number of oxazole rings is 1. The van der Waals surface area contributed by atoms with Crippen LogP contribution in [0.5, 0.6) is 11.5 Å². The van der Waals surface area contributed by atoms with Crippen molar-refractivity contribution in [3.8, 4) is 23.0 Å². The van der Waals surface area contributed by atoms with E-state index in [1.165, 1.54) is 12.1 Å². The topological polar surface area (TPSA) is 104 Å². The van der Waals surface area contributed by atoms with Gasteiger partial charge in [0.25, 0.3) is 10.0 Å². The summed E-state index contributed by atoms with van der Waals surface area (Å²) in [5, 5.41) is 0. The summed E-state index contributed by atoms with van der Waals surface area (Å²) < 4.78 is 45.2. The molecule has 0 radical (unpaired) electrons. The Kier molecular flexibility index (Phi) is 4.09. The van der Waals surface area contributed by atoms with Gasteiger partial charge in [0.1, 0.15) is 13.2 Å². The van der Waals surface area contributed by atoms with Crippen LogP contribution in [0, 0.1) is 0 Å². The zero-order valence-corrected chi connectivity index (χ0v) is 15.8. The lowest BCUT2D eigenvalue weighted by molar-refractivity contribution is 0.171. The molecule has 1 aliphatic rings. The Morgan fingerprint density at radius 3 is 2.62 bits per heavy atom. The van der Waals surface area contributed by atoms with E-state index in [0.29, 0.717) is 47.2 Å². The largest absolute Gasteiger partial charge is 0.486 e. The molecule has 0 unspecified atom stereocenters. The van der Waals surface area contributed by atoms with Gasteiger partial charge in [-0.3, -0.25) is 4.72 Å². The number of hydrogen-bond acceptors (Lipinski definition) is 7. The minimum Gasteiger partial charge on any atom is -0.486 e. The molecule has 8 nitrogen and oxygen atoms in total. The maximum absolute atomic E-state index is 13.0. The van der Waals surface area contributed by atoms with Crippen LogP contribution in [0.3, 0.4) is 0 Å². The van der Waals surface area contributed by atoms with E-state index in [1.54, 1.807) is 48.7 Å². The second kappa shape index (κ2) is 6.78. The zero-order chi connectivity index (χ0) is 19.8. The van der Waals surface area contributed by atoms with Crippen LogP contribution in [0.2, 0.25) is 0 Å². The lowest BCUT2D eigenvalue weighted by atomic mass is 10.2. The van der Waals surface area contributed by atoms with Gasteiger partial charge in [0.15, 0.2) is 22.7 Å². The van der Waals surface area contributed by atoms with Gasteiger partial charge >= 0.3 is 0 Å². The molecule has 0 atom stereocenters. The first-order valence-electron chi connectivity index (χ1n) is 8.84. The molecule has 0 amide bonds. The van der Waals surface area contributed by atoms with Gasteiger partial charge < -0.3 is 13.9 Å². The second-order valence-corrected chi connectivity index (χ2v) is 7.98. The highest BCUT2D eigenvalue weighted by Gasteiger charge is 2.22. The van der Waals surface area contributed by atoms with Crippen molar-refractivity contribution in [2.45, 2.75) is 4.90 Å². The molecule has 9 heteroatoms. The SMILES string of the molecule is O=S(=O)(Nc1ccccc1-c1nc2ncccc2o1)c1ccc2c(c1)OCCO2. The number of aromatic nitrogens is 2. The number of hydrogen-bond donors (Lipinski definition) is 1. The van der Waals surface area contributed by atoms with Crippen LogP contribution < -0.4 is 14.2 Å². The normalized spacial score (nSPS) is 13.4. The molecule has 1 N–H and O–H groups in total. The van der Waals surface area contributed by atoms with Crippen molar-refractivity contribution in [3.63, 3.8) is 0 Å². The van der Waals surface area contributed by atoms with Crippen LogP contribution in [0.25, 0.3) is 22.7 Å². The van der Waals surface area contributed by atoms with E-state index >= 15 is 0 Å². The molecular formula is C20H15N3O5S. The Bertz CT molecular complexity index is 1280. The zero-order valence-electron chi connectivity index (χ0n) is 15.0. The van der Waals surface area contributed by atoms with Crippen molar-refractivity contribution in [3.05, 3.63) is 60.8 Å². The number of nitrogens with zero attached hydrogens (tertiary/aromatic N) is 2. The monoisotopic (exact) mass is 409 g/mol. The molecule has 146 valence electrons. The van der Waals surface area contributed by atoms with Gasteiger partial charge in [-0.2, -0.15) is 4.98 Å². The molecule has 1 aliphatic heterocycles. The van der Waals surface area contributed by atoms with Crippen LogP contribution in [-0.4, -0.2) is 31.6 Å². The predicted octanol–water partition coefficient (Wildman–Crippen LogP) is 3.46. The van der Waals surface area contributed by atoms with Crippen molar-refractivity contribution in [1.29, 1.82) is 0 Å². The summed E-state index contributed by atoms with van der Waals surface area (Å²) in [6.45, 7) is 0.808. The quantitative estimate of drug-likeness (QED) is 0.550. The highest BCUT2D eigenvalue weighted by Crippen LogP contribution is 2.34. The van der Waals surface area contributed by atoms with Gasteiger partial charge in [-0.1, -0.05) is 12.1 Å². The summed E-state index contributed by atoms with van der Waals surface area (Å²) in [7, 11) is -3.88. The van der Waals surface area contributed by atoms with E-state index in [1.807, 2.05) is 0 Å². The highest BCUT2D eigenvalue weighted by atomic mass is 32.2. The summed E-state index contributed by atoms with van der Waals surface area (Å²) in [6.07, 6.45) is 1.62. The maximum Gasteiger partial charge on any atom is 0.262 e. The fourth-order valence-corrected chi connectivity index (χ4v) is 4.13. The summed E-state index contributed by atoms with van der Waals surface area (Å²) in [6, 6.07) is 14.9. The lowest BCUT2D eigenvalue weighted by Crippen LogP contribution is -2.17. The minimum absolute atomic E-state index is 0.0655. The number of para-hydroxylation sites is 1. The third-order valence-corrected chi connectivity index (χ3v) is 5.75. The number of fused-ring (bicyclic) bond motifs is 2. The Morgan fingerprint density at radius 2 is 1.76 bits per heavy atom. The van der Waals surface area contributed by atoms with Crippen LogP contribution in [0.4, 0.5) is 5.69 Å². The van der Waals surface area contributed by atoms with E-state index in [0.717, 1.165) is 0 Å². The van der Waals surface area contributed by atoms with Gasteiger partial charge in [0.2, 0.25) is 5.89 Å². The fraction of sp³-hybridized carbons (Fsp3) is 0.100. The molecule has 2 aromatic heterocycles. The fourth-order valence-electron chi connectivity index (χ4n) is 3.04. The third-order valence-electron chi connectivity index (χ3n) is 4.39. The Hall–Kier alpha value is -3.59. The number of ether oxygens (including phenoxy) is 2. The van der Waals surface area contributed by atoms with Gasteiger partial charge in [-0.05, 0) is 36.4 Å². The standard InChI is InChI=1S/C20H15N3O5S/c24-29(25,13-7-8-16-18(12-13)27-11-10-26-16)23-15-5-2-1-4-14(15)20-22-19-17(28-20)6-3-9-21-19/h1-9,12,23H,10-11H2. The first-order valence-corrected chi connectivity index (χ1v) is 10.3. The smallest absolute Gasteiger partial charge is 0.262 e. The highest BCUT2D eigenvalue weighted by molar-refractivity contribution is 7.92. The number of sulfonamides is 1. The number of rotatable bonds is 4. The van der Waals surface area contributed by atoms with Crippen LogP contribution in [0.1, 0.15) is 0 Å². The maximum atomic E-state index is 13.0. The van der Waals surface area contributed by atoms with Crippen molar-refractivity contribution in [1.82, 2.24) is 9.97 Å². The molecule has 5 rings (SSSR count). The summed E-state index contributed by atoms with van der Waals surface area (Å²) in [5.41, 5.74) is 1.82. The first-order chi connectivity index (χ1) is 14.1. The Balaban J connectivity index is 1.52. The van der Waals surface area contributed by atoms with Gasteiger partial charge in [-0.15, -0.1) is 0 Å². The third kappa shape index (κ3) is 3.25. The average molecular weight is 409 g/mol. The van der Waals surface area contributed by atoms with Crippen LogP contribution in [0.15, 0.2) is 70.1 Å². The molecule has 0 spiro atoms. The molecule has 3 heterocycles. The molecular weight excluding hydrogens is 394 g/mol. The summed E-state index contributed by atoms with van der Waals surface area (Å²) >= 11 is 0. The first kappa shape index (κ1) is 17.5. The Morgan fingerprint density at radius 1 is 0.931 bits per heavy atom. The summed E-state index contributed by atoms with van der Waals surface area (Å²) in [4.78, 5) is 8.57. The minimum atomic E-state index is -3.88. The number of pyridine rings is 1. The number of nitrogens with one attached hydrogen (secondary N) is 1. The molecule has 0 aliphatic carbocycles. The van der Waals surface area contributed by atoms with Crippen LogP contribution in [-0.2, 0) is 10.0 Å². The average Bonchev–Trinajstić information content (AvgIpc) is 3.17.